The van der Waals surface area contributed by atoms with E-state index in [1.165, 1.54) is 0 Å². The number of hydrogen-bond donors (Lipinski definition) is 2. The third kappa shape index (κ3) is 2.68. The van der Waals surface area contributed by atoms with Crippen LogP contribution >= 0.6 is 0 Å². The first-order valence-electron chi connectivity index (χ1n) is 5.24. The molecule has 1 rings (SSSR count). The van der Waals surface area contributed by atoms with E-state index in [1.807, 2.05) is 0 Å². The average molecular weight is 213 g/mol. The maximum absolute atomic E-state index is 11.8. The summed E-state index contributed by atoms with van der Waals surface area (Å²) >= 11 is 0. The zero-order valence-electron chi connectivity index (χ0n) is 9.38. The molecule has 3 N–H and O–H groups in total. The van der Waals surface area contributed by atoms with Crippen LogP contribution in [0, 0.1) is 0 Å². The van der Waals surface area contributed by atoms with Crippen LogP contribution in [0.1, 0.15) is 25.7 Å². The van der Waals surface area contributed by atoms with Gasteiger partial charge >= 0.3 is 0 Å². The number of amides is 2. The van der Waals surface area contributed by atoms with Gasteiger partial charge in [0.2, 0.25) is 11.8 Å². The average Bonchev–Trinajstić information content (AvgIpc) is 2.20. The topological polar surface area (TPSA) is 75.4 Å². The zero-order chi connectivity index (χ0) is 11.5. The molecule has 0 aromatic rings. The van der Waals surface area contributed by atoms with E-state index in [1.54, 1.807) is 19.0 Å². The van der Waals surface area contributed by atoms with E-state index in [-0.39, 0.29) is 11.8 Å². The Hall–Kier alpha value is -1.10. The molecule has 1 aliphatic carbocycles. The molecule has 1 fully saturated rings. The van der Waals surface area contributed by atoms with E-state index in [0.29, 0.717) is 13.0 Å². The minimum Gasteiger partial charge on any atom is -0.359 e. The summed E-state index contributed by atoms with van der Waals surface area (Å²) < 4.78 is 0. The Morgan fingerprint density at radius 3 is 2.47 bits per heavy atom. The lowest BCUT2D eigenvalue weighted by Gasteiger charge is -2.39. The van der Waals surface area contributed by atoms with Crippen molar-refractivity contribution >= 4 is 11.8 Å². The molecule has 86 valence electrons. The second-order valence-corrected chi connectivity index (χ2v) is 4.16. The number of nitrogens with one attached hydrogen (secondary N) is 1. The van der Waals surface area contributed by atoms with Crippen molar-refractivity contribution in [3.05, 3.63) is 0 Å². The highest BCUT2D eigenvalue weighted by Crippen LogP contribution is 2.30. The minimum absolute atomic E-state index is 0.0438. The fourth-order valence-electron chi connectivity index (χ4n) is 1.65. The van der Waals surface area contributed by atoms with Gasteiger partial charge < -0.3 is 16.0 Å². The maximum atomic E-state index is 11.8. The Balaban J connectivity index is 2.36. The van der Waals surface area contributed by atoms with Crippen LogP contribution in [0.15, 0.2) is 0 Å². The van der Waals surface area contributed by atoms with Gasteiger partial charge in [-0.1, -0.05) is 0 Å². The third-order valence-corrected chi connectivity index (χ3v) is 2.97. The van der Waals surface area contributed by atoms with Crippen molar-refractivity contribution in [1.82, 2.24) is 10.2 Å². The first-order chi connectivity index (χ1) is 6.99. The Bertz CT molecular complexity index is 261. The Kier molecular flexibility index (Phi) is 3.68. The molecule has 5 heteroatoms. The lowest BCUT2D eigenvalue weighted by atomic mass is 9.76. The molecule has 15 heavy (non-hydrogen) atoms. The standard InChI is InChI=1S/C10H19N3O2/c1-12-8(14)4-7-13(2)9(15)10(11)5-3-6-10/h3-7,11H2,1-2H3,(H,12,14). The number of carbonyl (C=O) groups is 2. The molecule has 0 atom stereocenters. The molecule has 0 aromatic heterocycles. The van der Waals surface area contributed by atoms with E-state index in [2.05, 4.69) is 5.32 Å². The van der Waals surface area contributed by atoms with Gasteiger partial charge in [-0.3, -0.25) is 9.59 Å². The summed E-state index contributed by atoms with van der Waals surface area (Å²) in [5.41, 5.74) is 5.24. The highest BCUT2D eigenvalue weighted by molar-refractivity contribution is 5.87. The molecule has 0 radical (unpaired) electrons. The normalized spacial score (nSPS) is 17.8. The van der Waals surface area contributed by atoms with Crippen molar-refractivity contribution in [1.29, 1.82) is 0 Å². The molecule has 0 spiro atoms. The predicted octanol–water partition coefficient (Wildman–Crippen LogP) is -0.538. The van der Waals surface area contributed by atoms with E-state index >= 15 is 0 Å². The van der Waals surface area contributed by atoms with Crippen molar-refractivity contribution in [2.75, 3.05) is 20.6 Å². The molecular weight excluding hydrogens is 194 g/mol. The van der Waals surface area contributed by atoms with Crippen LogP contribution < -0.4 is 11.1 Å². The van der Waals surface area contributed by atoms with Crippen molar-refractivity contribution in [2.24, 2.45) is 5.73 Å². The second kappa shape index (κ2) is 4.61. The van der Waals surface area contributed by atoms with Gasteiger partial charge in [-0.05, 0) is 19.3 Å². The summed E-state index contributed by atoms with van der Waals surface area (Å²) in [4.78, 5) is 24.4. The maximum Gasteiger partial charge on any atom is 0.242 e. The van der Waals surface area contributed by atoms with Gasteiger partial charge in [0.1, 0.15) is 0 Å². The second-order valence-electron chi connectivity index (χ2n) is 4.16. The third-order valence-electron chi connectivity index (χ3n) is 2.97. The summed E-state index contributed by atoms with van der Waals surface area (Å²) in [5, 5.41) is 2.52. The first kappa shape index (κ1) is 12.0. The molecule has 0 bridgehead atoms. The van der Waals surface area contributed by atoms with Gasteiger partial charge in [-0.15, -0.1) is 0 Å². The fraction of sp³-hybridized carbons (Fsp3) is 0.800. The molecule has 0 aliphatic heterocycles. The van der Waals surface area contributed by atoms with Crippen LogP contribution in [0.5, 0.6) is 0 Å². The van der Waals surface area contributed by atoms with Gasteiger partial charge in [0.05, 0.1) is 5.54 Å². The quantitative estimate of drug-likeness (QED) is 0.658. The summed E-state index contributed by atoms with van der Waals surface area (Å²) in [6.45, 7) is 0.428. The lowest BCUT2D eigenvalue weighted by molar-refractivity contribution is -0.139. The Morgan fingerprint density at radius 1 is 1.47 bits per heavy atom. The SMILES string of the molecule is CNC(=O)CCN(C)C(=O)C1(N)CCC1. The molecule has 5 nitrogen and oxygen atoms in total. The molecule has 2 amide bonds. The summed E-state index contributed by atoms with van der Waals surface area (Å²) in [6, 6.07) is 0. The van der Waals surface area contributed by atoms with Crippen LogP contribution in [0.3, 0.4) is 0 Å². The van der Waals surface area contributed by atoms with Crippen molar-refractivity contribution in [3.8, 4) is 0 Å². The van der Waals surface area contributed by atoms with Gasteiger partial charge in [0.25, 0.3) is 0 Å². The summed E-state index contributed by atoms with van der Waals surface area (Å²) in [5.74, 6) is -0.105. The van der Waals surface area contributed by atoms with Crippen molar-refractivity contribution in [2.45, 2.75) is 31.2 Å². The van der Waals surface area contributed by atoms with Gasteiger partial charge in [0, 0.05) is 27.1 Å². The minimum atomic E-state index is -0.655. The monoisotopic (exact) mass is 213 g/mol. The molecule has 0 saturated heterocycles. The van der Waals surface area contributed by atoms with Crippen LogP contribution in [0.25, 0.3) is 0 Å². The van der Waals surface area contributed by atoms with E-state index in [4.69, 9.17) is 5.73 Å². The smallest absolute Gasteiger partial charge is 0.242 e. The molecule has 0 unspecified atom stereocenters. The summed E-state index contributed by atoms with van der Waals surface area (Å²) in [7, 11) is 3.28. The van der Waals surface area contributed by atoms with Crippen molar-refractivity contribution < 1.29 is 9.59 Å². The van der Waals surface area contributed by atoms with Gasteiger partial charge in [0.15, 0.2) is 0 Å². The molecule has 0 aromatic carbocycles. The van der Waals surface area contributed by atoms with E-state index < -0.39 is 5.54 Å². The van der Waals surface area contributed by atoms with Crippen LogP contribution in [-0.2, 0) is 9.59 Å². The molecule has 1 aliphatic rings. The molecule has 0 heterocycles. The number of likely N-dealkylation sites (N-methyl/N-ethyl adjacent to an activating group) is 1. The van der Waals surface area contributed by atoms with E-state index in [9.17, 15) is 9.59 Å². The van der Waals surface area contributed by atoms with Gasteiger partial charge in [-0.25, -0.2) is 0 Å². The largest absolute Gasteiger partial charge is 0.359 e. The number of carbonyl (C=O) groups excluding carboxylic acids is 2. The highest BCUT2D eigenvalue weighted by atomic mass is 16.2. The fourth-order valence-corrected chi connectivity index (χ4v) is 1.65. The predicted molar refractivity (Wildman–Crippen MR) is 57.1 cm³/mol. The van der Waals surface area contributed by atoms with Crippen LogP contribution in [-0.4, -0.2) is 42.9 Å². The zero-order valence-corrected chi connectivity index (χ0v) is 9.38. The molecular formula is C10H19N3O2. The number of nitrogens with two attached hydrogens (primary N) is 1. The Labute approximate surface area is 90.0 Å². The molecule has 1 saturated carbocycles. The number of rotatable bonds is 4. The number of nitrogens with zero attached hydrogens (tertiary/aromatic N) is 1. The highest BCUT2D eigenvalue weighted by Gasteiger charge is 2.41. The van der Waals surface area contributed by atoms with Crippen LogP contribution in [0.2, 0.25) is 0 Å². The first-order valence-corrected chi connectivity index (χ1v) is 5.24. The Morgan fingerprint density at radius 2 is 2.07 bits per heavy atom. The number of hydrogen-bond acceptors (Lipinski definition) is 3. The van der Waals surface area contributed by atoms with Crippen LogP contribution in [0.4, 0.5) is 0 Å². The summed E-state index contributed by atoms with van der Waals surface area (Å²) in [6.07, 6.45) is 2.87. The van der Waals surface area contributed by atoms with Crippen molar-refractivity contribution in [3.63, 3.8) is 0 Å². The van der Waals surface area contributed by atoms with Gasteiger partial charge in [-0.2, -0.15) is 0 Å². The van der Waals surface area contributed by atoms with E-state index in [0.717, 1.165) is 19.3 Å². The lowest BCUT2D eigenvalue weighted by Crippen LogP contribution is -2.59.